The summed E-state index contributed by atoms with van der Waals surface area (Å²) in [5, 5.41) is 2.98. The van der Waals surface area contributed by atoms with Gasteiger partial charge in [0.15, 0.2) is 0 Å². The Balaban J connectivity index is 1.76. The first-order valence-corrected chi connectivity index (χ1v) is 10.1. The number of benzene rings is 2. The highest BCUT2D eigenvalue weighted by atomic mass is 35.5. The van der Waals surface area contributed by atoms with Crippen molar-refractivity contribution in [3.8, 4) is 5.75 Å². The van der Waals surface area contributed by atoms with Crippen molar-refractivity contribution in [2.24, 2.45) is 5.92 Å². The van der Waals surface area contributed by atoms with Crippen molar-refractivity contribution < 1.29 is 19.1 Å². The van der Waals surface area contributed by atoms with E-state index in [-0.39, 0.29) is 17.1 Å². The van der Waals surface area contributed by atoms with Crippen molar-refractivity contribution in [2.75, 3.05) is 13.2 Å². The minimum Gasteiger partial charge on any atom is -0.494 e. The van der Waals surface area contributed by atoms with E-state index in [1.165, 1.54) is 18.2 Å². The van der Waals surface area contributed by atoms with Crippen LogP contribution in [0.15, 0.2) is 42.5 Å². The summed E-state index contributed by atoms with van der Waals surface area (Å²) in [5.41, 5.74) is 5.06. The van der Waals surface area contributed by atoms with Crippen LogP contribution in [0.5, 0.6) is 5.75 Å². The Bertz CT molecular complexity index is 902. The van der Waals surface area contributed by atoms with Gasteiger partial charge in [-0.15, -0.1) is 0 Å². The number of rotatable bonds is 8. The average molecular weight is 452 g/mol. The molecular formula is C21H23Cl2N3O4. The van der Waals surface area contributed by atoms with Gasteiger partial charge in [-0.05, 0) is 54.8 Å². The minimum absolute atomic E-state index is 0.172. The van der Waals surface area contributed by atoms with Crippen molar-refractivity contribution >= 4 is 40.9 Å². The third-order valence-corrected chi connectivity index (χ3v) is 4.53. The van der Waals surface area contributed by atoms with Gasteiger partial charge in [-0.3, -0.25) is 25.2 Å². The number of nitrogens with one attached hydrogen (secondary N) is 3. The van der Waals surface area contributed by atoms with Crippen LogP contribution in [0, 0.1) is 5.92 Å². The zero-order chi connectivity index (χ0) is 22.1. The normalized spacial score (nSPS) is 10.4. The topological polar surface area (TPSA) is 96.5 Å². The number of halogens is 2. The molecule has 0 saturated carbocycles. The number of ether oxygens (including phenoxy) is 1. The van der Waals surface area contributed by atoms with E-state index in [9.17, 15) is 14.4 Å². The summed E-state index contributed by atoms with van der Waals surface area (Å²) in [6.07, 6.45) is 0.940. The lowest BCUT2D eigenvalue weighted by Gasteiger charge is -2.10. The van der Waals surface area contributed by atoms with Gasteiger partial charge in [-0.1, -0.05) is 37.0 Å². The summed E-state index contributed by atoms with van der Waals surface area (Å²) in [7, 11) is 0. The van der Waals surface area contributed by atoms with Gasteiger partial charge in [0.25, 0.3) is 17.7 Å². The summed E-state index contributed by atoms with van der Waals surface area (Å²) in [5.74, 6) is -0.419. The van der Waals surface area contributed by atoms with E-state index in [1.54, 1.807) is 24.3 Å². The molecule has 0 radical (unpaired) electrons. The van der Waals surface area contributed by atoms with Crippen LogP contribution in [0.25, 0.3) is 0 Å². The van der Waals surface area contributed by atoms with Gasteiger partial charge in [0.05, 0.1) is 23.7 Å². The maximum atomic E-state index is 12.1. The van der Waals surface area contributed by atoms with E-state index in [2.05, 4.69) is 30.0 Å². The van der Waals surface area contributed by atoms with Crippen molar-refractivity contribution in [1.82, 2.24) is 16.2 Å². The van der Waals surface area contributed by atoms with Crippen LogP contribution in [0.4, 0.5) is 0 Å². The third kappa shape index (κ3) is 7.57. The predicted octanol–water partition coefficient (Wildman–Crippen LogP) is 3.61. The van der Waals surface area contributed by atoms with Crippen LogP contribution >= 0.6 is 23.2 Å². The van der Waals surface area contributed by atoms with Crippen LogP contribution < -0.4 is 20.9 Å². The van der Waals surface area contributed by atoms with Crippen LogP contribution in [-0.2, 0) is 4.79 Å². The highest BCUT2D eigenvalue weighted by molar-refractivity contribution is 6.36. The van der Waals surface area contributed by atoms with Crippen LogP contribution in [0.1, 0.15) is 41.0 Å². The van der Waals surface area contributed by atoms with E-state index in [1.807, 2.05) is 0 Å². The largest absolute Gasteiger partial charge is 0.494 e. The average Bonchev–Trinajstić information content (AvgIpc) is 2.70. The molecule has 2 aromatic carbocycles. The Kier molecular flexibility index (Phi) is 8.95. The summed E-state index contributed by atoms with van der Waals surface area (Å²) < 4.78 is 5.60. The van der Waals surface area contributed by atoms with Gasteiger partial charge in [-0.2, -0.15) is 0 Å². The van der Waals surface area contributed by atoms with Gasteiger partial charge in [0, 0.05) is 10.6 Å². The second-order valence-corrected chi connectivity index (χ2v) is 7.71. The minimum atomic E-state index is -0.601. The lowest BCUT2D eigenvalue weighted by molar-refractivity contribution is -0.120. The Hall–Kier alpha value is -2.77. The van der Waals surface area contributed by atoms with E-state index in [0.29, 0.717) is 28.9 Å². The molecule has 0 aliphatic carbocycles. The maximum absolute atomic E-state index is 12.1. The second kappa shape index (κ2) is 11.4. The fraction of sp³-hybridized carbons (Fsp3) is 0.286. The number of hydrogen-bond donors (Lipinski definition) is 3. The fourth-order valence-corrected chi connectivity index (χ4v) is 2.78. The van der Waals surface area contributed by atoms with Crippen molar-refractivity contribution in [1.29, 1.82) is 0 Å². The lowest BCUT2D eigenvalue weighted by Crippen LogP contribution is -2.46. The van der Waals surface area contributed by atoms with Crippen LogP contribution in [-0.4, -0.2) is 30.9 Å². The van der Waals surface area contributed by atoms with Gasteiger partial charge < -0.3 is 10.1 Å². The van der Waals surface area contributed by atoms with Crippen molar-refractivity contribution in [3.05, 3.63) is 63.6 Å². The lowest BCUT2D eigenvalue weighted by atomic mass is 10.1. The van der Waals surface area contributed by atoms with Crippen LogP contribution in [0.3, 0.4) is 0 Å². The molecule has 2 rings (SSSR count). The second-order valence-electron chi connectivity index (χ2n) is 6.86. The van der Waals surface area contributed by atoms with E-state index in [0.717, 1.165) is 6.42 Å². The standard InChI is InChI=1S/C21H23Cl2N3O4/c1-13(2)9-10-30-16-6-3-14(4-7-16)20(28)26-25-19(27)12-24-21(29)17-8-5-15(22)11-18(17)23/h3-8,11,13H,9-10,12H2,1-2H3,(H,24,29)(H,25,27)(H,26,28). The first-order valence-electron chi connectivity index (χ1n) is 9.31. The Morgan fingerprint density at radius 1 is 0.967 bits per heavy atom. The van der Waals surface area contributed by atoms with Gasteiger partial charge >= 0.3 is 0 Å². The molecule has 0 aliphatic rings. The fourth-order valence-electron chi connectivity index (χ4n) is 2.29. The summed E-state index contributed by atoms with van der Waals surface area (Å²) >= 11 is 11.7. The monoisotopic (exact) mass is 451 g/mol. The molecular weight excluding hydrogens is 429 g/mol. The number of hydrazine groups is 1. The predicted molar refractivity (Wildman–Crippen MR) is 116 cm³/mol. The smallest absolute Gasteiger partial charge is 0.269 e. The molecule has 0 bridgehead atoms. The maximum Gasteiger partial charge on any atom is 0.269 e. The number of hydrogen-bond acceptors (Lipinski definition) is 4. The molecule has 2 aromatic rings. The number of amides is 3. The molecule has 3 N–H and O–H groups in total. The molecule has 3 amide bonds. The third-order valence-electron chi connectivity index (χ3n) is 3.98. The molecule has 0 atom stereocenters. The summed E-state index contributed by atoms with van der Waals surface area (Å²) in [6, 6.07) is 11.0. The molecule has 7 nitrogen and oxygen atoms in total. The van der Waals surface area contributed by atoms with Crippen molar-refractivity contribution in [2.45, 2.75) is 20.3 Å². The molecule has 0 unspecified atom stereocenters. The molecule has 0 saturated heterocycles. The van der Waals surface area contributed by atoms with Gasteiger partial charge in [0.2, 0.25) is 0 Å². The zero-order valence-corrected chi connectivity index (χ0v) is 18.1. The number of carbonyl (C=O) groups is 3. The summed E-state index contributed by atoms with van der Waals surface area (Å²) in [6.45, 7) is 4.49. The quantitative estimate of drug-likeness (QED) is 0.534. The Morgan fingerprint density at radius 3 is 2.30 bits per heavy atom. The Labute approximate surface area is 185 Å². The molecule has 0 aromatic heterocycles. The van der Waals surface area contributed by atoms with E-state index in [4.69, 9.17) is 27.9 Å². The molecule has 0 aliphatic heterocycles. The molecule has 9 heteroatoms. The molecule has 0 fully saturated rings. The first-order chi connectivity index (χ1) is 14.3. The van der Waals surface area contributed by atoms with Crippen LogP contribution in [0.2, 0.25) is 10.0 Å². The summed E-state index contributed by atoms with van der Waals surface area (Å²) in [4.78, 5) is 36.0. The molecule has 160 valence electrons. The SMILES string of the molecule is CC(C)CCOc1ccc(C(=O)NNC(=O)CNC(=O)c2ccc(Cl)cc2Cl)cc1. The molecule has 0 heterocycles. The van der Waals surface area contributed by atoms with Gasteiger partial charge in [0.1, 0.15) is 5.75 Å². The van der Waals surface area contributed by atoms with Gasteiger partial charge in [-0.25, -0.2) is 0 Å². The van der Waals surface area contributed by atoms with E-state index >= 15 is 0 Å². The molecule has 30 heavy (non-hydrogen) atoms. The number of carbonyl (C=O) groups excluding carboxylic acids is 3. The zero-order valence-electron chi connectivity index (χ0n) is 16.6. The Morgan fingerprint density at radius 2 is 1.67 bits per heavy atom. The highest BCUT2D eigenvalue weighted by Crippen LogP contribution is 2.20. The highest BCUT2D eigenvalue weighted by Gasteiger charge is 2.13. The molecule has 0 spiro atoms. The first kappa shape index (κ1) is 23.5. The van der Waals surface area contributed by atoms with Crippen molar-refractivity contribution in [3.63, 3.8) is 0 Å². The van der Waals surface area contributed by atoms with E-state index < -0.39 is 17.7 Å².